The van der Waals surface area contributed by atoms with Crippen molar-refractivity contribution in [2.75, 3.05) is 19.6 Å². The Morgan fingerprint density at radius 3 is 2.50 bits per heavy atom. The molecule has 0 saturated carbocycles. The van der Waals surface area contributed by atoms with Crippen LogP contribution in [0, 0.1) is 6.92 Å². The highest BCUT2D eigenvalue weighted by molar-refractivity contribution is 7.91. The molecule has 0 radical (unpaired) electrons. The molecule has 0 amide bonds. The van der Waals surface area contributed by atoms with Crippen LogP contribution in [0.25, 0.3) is 0 Å². The van der Waals surface area contributed by atoms with Crippen LogP contribution in [0.4, 0.5) is 0 Å². The first-order valence-corrected chi connectivity index (χ1v) is 9.61. The van der Waals surface area contributed by atoms with E-state index in [1.807, 2.05) is 13.0 Å². The van der Waals surface area contributed by atoms with Crippen molar-refractivity contribution in [2.24, 2.45) is 0 Å². The maximum atomic E-state index is 12.7. The highest BCUT2D eigenvalue weighted by atomic mass is 32.2. The van der Waals surface area contributed by atoms with Gasteiger partial charge in [-0.3, -0.25) is 0 Å². The molecule has 1 saturated heterocycles. The highest BCUT2D eigenvalue weighted by Gasteiger charge is 2.27. The zero-order valence-corrected chi connectivity index (χ0v) is 13.9. The van der Waals surface area contributed by atoms with Gasteiger partial charge in [0.1, 0.15) is 4.21 Å². The van der Waals surface area contributed by atoms with Gasteiger partial charge in [-0.15, -0.1) is 11.3 Å². The summed E-state index contributed by atoms with van der Waals surface area (Å²) in [4.78, 5) is 1.13. The third kappa shape index (κ3) is 3.61. The predicted molar refractivity (Wildman–Crippen MR) is 83.7 cm³/mol. The Morgan fingerprint density at radius 1 is 1.25 bits per heavy atom. The molecule has 20 heavy (non-hydrogen) atoms. The van der Waals surface area contributed by atoms with Gasteiger partial charge in [0.2, 0.25) is 0 Å². The van der Waals surface area contributed by atoms with Gasteiger partial charge < -0.3 is 5.32 Å². The lowest BCUT2D eigenvalue weighted by molar-refractivity contribution is 0.425. The van der Waals surface area contributed by atoms with E-state index in [9.17, 15) is 8.42 Å². The van der Waals surface area contributed by atoms with E-state index < -0.39 is 10.0 Å². The Morgan fingerprint density at radius 2 is 1.90 bits per heavy atom. The van der Waals surface area contributed by atoms with E-state index in [0.717, 1.165) is 49.2 Å². The topological polar surface area (TPSA) is 49.4 Å². The highest BCUT2D eigenvalue weighted by Crippen LogP contribution is 2.29. The first-order valence-electron chi connectivity index (χ1n) is 7.36. The van der Waals surface area contributed by atoms with Gasteiger partial charge in [-0.2, -0.15) is 4.31 Å². The number of sulfonamides is 1. The molecule has 0 aliphatic carbocycles. The predicted octanol–water partition coefficient (Wildman–Crippen LogP) is 2.73. The molecule has 0 aromatic carbocycles. The standard InChI is InChI=1S/C14H24N2O2S2/c1-3-15-11-13-12(2)10-14(19-13)20(17,18)16-8-6-4-5-7-9-16/h10,15H,3-9,11H2,1-2H3. The molecular weight excluding hydrogens is 292 g/mol. The van der Waals surface area contributed by atoms with Crippen LogP contribution in [0.2, 0.25) is 0 Å². The van der Waals surface area contributed by atoms with Gasteiger partial charge in [0, 0.05) is 24.5 Å². The average Bonchev–Trinajstić information content (AvgIpc) is 2.66. The Balaban J connectivity index is 2.20. The lowest BCUT2D eigenvalue weighted by Crippen LogP contribution is -2.31. The minimum atomic E-state index is -3.29. The number of hydrogen-bond acceptors (Lipinski definition) is 4. The Bertz CT molecular complexity index is 529. The van der Waals surface area contributed by atoms with Crippen molar-refractivity contribution in [1.82, 2.24) is 9.62 Å². The number of aryl methyl sites for hydroxylation is 1. The first kappa shape index (κ1) is 15.9. The second kappa shape index (κ2) is 7.02. The van der Waals surface area contributed by atoms with E-state index >= 15 is 0 Å². The van der Waals surface area contributed by atoms with Crippen molar-refractivity contribution in [1.29, 1.82) is 0 Å². The van der Waals surface area contributed by atoms with Crippen LogP contribution in [0.1, 0.15) is 43.0 Å². The lowest BCUT2D eigenvalue weighted by Gasteiger charge is -2.18. The van der Waals surface area contributed by atoms with Crippen LogP contribution >= 0.6 is 11.3 Å². The molecule has 1 aromatic heterocycles. The van der Waals surface area contributed by atoms with E-state index in [1.165, 1.54) is 11.3 Å². The van der Waals surface area contributed by atoms with E-state index in [0.29, 0.717) is 17.3 Å². The van der Waals surface area contributed by atoms with Crippen LogP contribution in [0.15, 0.2) is 10.3 Å². The molecule has 114 valence electrons. The van der Waals surface area contributed by atoms with Crippen molar-refractivity contribution in [2.45, 2.75) is 50.3 Å². The van der Waals surface area contributed by atoms with Gasteiger partial charge in [-0.25, -0.2) is 8.42 Å². The summed E-state index contributed by atoms with van der Waals surface area (Å²) in [6, 6.07) is 1.83. The van der Waals surface area contributed by atoms with Crippen LogP contribution in [0.5, 0.6) is 0 Å². The maximum Gasteiger partial charge on any atom is 0.252 e. The SMILES string of the molecule is CCNCc1sc(S(=O)(=O)N2CCCCCC2)cc1C. The van der Waals surface area contributed by atoms with Crippen molar-refractivity contribution in [3.05, 3.63) is 16.5 Å². The molecule has 0 atom stereocenters. The number of hydrogen-bond donors (Lipinski definition) is 1. The van der Waals surface area contributed by atoms with Crippen LogP contribution in [-0.4, -0.2) is 32.4 Å². The minimum Gasteiger partial charge on any atom is -0.312 e. The summed E-state index contributed by atoms with van der Waals surface area (Å²) in [6.45, 7) is 7.03. The lowest BCUT2D eigenvalue weighted by atomic mass is 10.2. The van der Waals surface area contributed by atoms with Crippen molar-refractivity contribution >= 4 is 21.4 Å². The zero-order valence-electron chi connectivity index (χ0n) is 12.3. The molecule has 1 aliphatic heterocycles. The number of nitrogens with zero attached hydrogens (tertiary/aromatic N) is 1. The van der Waals surface area contributed by atoms with Crippen LogP contribution in [-0.2, 0) is 16.6 Å². The summed E-state index contributed by atoms with van der Waals surface area (Å²) in [5.74, 6) is 0. The normalized spacial score (nSPS) is 18.1. The first-order chi connectivity index (χ1) is 9.55. The fourth-order valence-corrected chi connectivity index (χ4v) is 5.67. The van der Waals surface area contributed by atoms with Gasteiger partial charge in [-0.1, -0.05) is 19.8 Å². The molecule has 0 spiro atoms. The van der Waals surface area contributed by atoms with E-state index in [1.54, 1.807) is 4.31 Å². The number of nitrogens with one attached hydrogen (secondary N) is 1. The molecule has 2 heterocycles. The Labute approximate surface area is 126 Å². The minimum absolute atomic E-state index is 0.504. The molecule has 0 bridgehead atoms. The molecule has 1 aromatic rings. The summed E-state index contributed by atoms with van der Waals surface area (Å²) in [7, 11) is -3.29. The molecule has 1 aliphatic rings. The summed E-state index contributed by atoms with van der Waals surface area (Å²) < 4.78 is 27.6. The van der Waals surface area contributed by atoms with E-state index in [-0.39, 0.29) is 0 Å². The summed E-state index contributed by atoms with van der Waals surface area (Å²) in [5, 5.41) is 3.26. The molecule has 2 rings (SSSR count). The second-order valence-electron chi connectivity index (χ2n) is 5.27. The molecule has 0 unspecified atom stereocenters. The number of thiophene rings is 1. The summed E-state index contributed by atoms with van der Waals surface area (Å²) >= 11 is 1.41. The molecule has 6 heteroatoms. The fraction of sp³-hybridized carbons (Fsp3) is 0.714. The van der Waals surface area contributed by atoms with Gasteiger partial charge in [0.05, 0.1) is 0 Å². The van der Waals surface area contributed by atoms with Crippen molar-refractivity contribution in [3.8, 4) is 0 Å². The monoisotopic (exact) mass is 316 g/mol. The van der Waals surface area contributed by atoms with E-state index in [4.69, 9.17) is 0 Å². The van der Waals surface area contributed by atoms with Gasteiger partial charge in [0.25, 0.3) is 10.0 Å². The summed E-state index contributed by atoms with van der Waals surface area (Å²) in [5.41, 5.74) is 1.07. The van der Waals surface area contributed by atoms with Crippen molar-refractivity contribution < 1.29 is 8.42 Å². The molecular formula is C14H24N2O2S2. The quantitative estimate of drug-likeness (QED) is 0.908. The second-order valence-corrected chi connectivity index (χ2v) is 8.57. The van der Waals surface area contributed by atoms with Gasteiger partial charge >= 0.3 is 0 Å². The molecule has 4 nitrogen and oxygen atoms in total. The molecule has 1 fully saturated rings. The average molecular weight is 316 g/mol. The maximum absolute atomic E-state index is 12.7. The van der Waals surface area contributed by atoms with Crippen LogP contribution in [0.3, 0.4) is 0 Å². The van der Waals surface area contributed by atoms with Gasteiger partial charge in [-0.05, 0) is 37.9 Å². The zero-order chi connectivity index (χ0) is 14.6. The summed E-state index contributed by atoms with van der Waals surface area (Å²) in [6.07, 6.45) is 4.24. The Hall–Kier alpha value is -0.430. The van der Waals surface area contributed by atoms with Gasteiger partial charge in [0.15, 0.2) is 0 Å². The number of rotatable bonds is 5. The largest absolute Gasteiger partial charge is 0.312 e. The third-order valence-corrected chi connectivity index (χ3v) is 7.28. The van der Waals surface area contributed by atoms with Crippen LogP contribution < -0.4 is 5.32 Å². The van der Waals surface area contributed by atoms with E-state index in [2.05, 4.69) is 12.2 Å². The smallest absolute Gasteiger partial charge is 0.252 e. The van der Waals surface area contributed by atoms with Crippen molar-refractivity contribution in [3.63, 3.8) is 0 Å². The molecule has 1 N–H and O–H groups in total. The Kier molecular flexibility index (Phi) is 5.60. The fourth-order valence-electron chi connectivity index (χ4n) is 2.44. The third-order valence-electron chi connectivity index (χ3n) is 3.69.